The molecule has 5 aromatic rings. The van der Waals surface area contributed by atoms with Crippen LogP contribution in [0, 0.1) is 11.8 Å². The second-order valence-corrected chi connectivity index (χ2v) is 19.4. The molecule has 6 N–H and O–H groups in total. The highest BCUT2D eigenvalue weighted by atomic mass is 16.5. The molecule has 2 fully saturated rings. The lowest BCUT2D eigenvalue weighted by Gasteiger charge is -2.30. The second-order valence-electron chi connectivity index (χ2n) is 19.4. The minimum absolute atomic E-state index is 0.00560. The molecular weight excluding hydrogens is 893 g/mol. The van der Waals surface area contributed by atoms with E-state index in [1.165, 1.54) is 22.3 Å². The van der Waals surface area contributed by atoms with Gasteiger partial charge < -0.3 is 41.0 Å². The first-order valence-electron chi connectivity index (χ1n) is 25.0. The van der Waals surface area contributed by atoms with Gasteiger partial charge in [0.2, 0.25) is 30.4 Å². The Morgan fingerprint density at radius 3 is 1.77 bits per heavy atom. The molecule has 0 radical (unpaired) electrons. The summed E-state index contributed by atoms with van der Waals surface area (Å²) >= 11 is 0. The van der Waals surface area contributed by atoms with Crippen molar-refractivity contribution in [1.82, 2.24) is 34.9 Å². The average molecular weight is 961 g/mol. The molecule has 2 saturated heterocycles. The van der Waals surface area contributed by atoms with Gasteiger partial charge in [0.05, 0.1) is 43.4 Å². The smallest absolute Gasteiger partial charge is 0.259 e. The highest BCUT2D eigenvalue weighted by Gasteiger charge is 2.31. The number of benzene rings is 2. The third kappa shape index (κ3) is 12.8. The summed E-state index contributed by atoms with van der Waals surface area (Å²) in [5.41, 5.74) is 7.08. The molecule has 5 aliphatic heterocycles. The Kier molecular flexibility index (Phi) is 16.3. The van der Waals surface area contributed by atoms with Gasteiger partial charge in [-0.2, -0.15) is 4.68 Å². The zero-order valence-electron chi connectivity index (χ0n) is 39.9. The van der Waals surface area contributed by atoms with Crippen LogP contribution in [0.5, 0.6) is 0 Å². The van der Waals surface area contributed by atoms with Crippen LogP contribution in [0.3, 0.4) is 0 Å². The molecule has 8 heterocycles. The molecule has 1 unspecified atom stereocenters. The molecule has 10 rings (SSSR count). The molecule has 0 spiro atoms. The monoisotopic (exact) mass is 961 g/mol. The van der Waals surface area contributed by atoms with E-state index in [0.717, 1.165) is 77.7 Å². The number of β-amino-alcohol motifs (C(OH)–C–C–N with tert-alkyl or cyclic N) is 2. The van der Waals surface area contributed by atoms with E-state index in [0.29, 0.717) is 62.9 Å². The van der Waals surface area contributed by atoms with Crippen molar-refractivity contribution in [2.75, 3.05) is 71.0 Å². The molecule has 3 atom stereocenters. The van der Waals surface area contributed by atoms with Gasteiger partial charge in [0.15, 0.2) is 6.54 Å². The van der Waals surface area contributed by atoms with E-state index in [2.05, 4.69) is 73.5 Å². The zero-order chi connectivity index (χ0) is 48.4. The lowest BCUT2D eigenvalue weighted by molar-refractivity contribution is -0.783. The maximum Gasteiger partial charge on any atom is 0.259 e. The topological polar surface area (TPSA) is 199 Å². The molecule has 2 aromatic carbocycles. The molecule has 3 aromatic heterocycles. The van der Waals surface area contributed by atoms with Crippen molar-refractivity contribution in [2.24, 2.45) is 11.8 Å². The van der Waals surface area contributed by atoms with Crippen molar-refractivity contribution < 1.29 is 48.1 Å². The van der Waals surface area contributed by atoms with Gasteiger partial charge >= 0.3 is 0 Å². The fourth-order valence-electron chi connectivity index (χ4n) is 10.2. The van der Waals surface area contributed by atoms with Gasteiger partial charge in [-0.25, -0.2) is 0 Å². The normalized spacial score (nSPS) is 19.6. The van der Waals surface area contributed by atoms with E-state index in [1.54, 1.807) is 39.9 Å². The Hall–Kier alpha value is -6.02. The number of nitrogens with zero attached hydrogens (tertiary/aromatic N) is 6. The number of aryl methyl sites for hydroxylation is 1. The summed E-state index contributed by atoms with van der Waals surface area (Å²) in [7, 11) is 0. The number of hydrogen-bond donors (Lipinski definition) is 6. The van der Waals surface area contributed by atoms with E-state index in [1.807, 2.05) is 27.8 Å². The van der Waals surface area contributed by atoms with Gasteiger partial charge in [-0.15, -0.1) is 9.20 Å². The standard InChI is InChI=1S/C26H35N5O4.C26H31N5O4/c2*32-24(18-29-9-5-19-3-1-2-4-21(19)14-29)13-27-25(33)22-15-30-10-6-23(17-31(30)16-22)28-26(34)20-7-11-35-12-8-20/h1-4,15-16,20,23-24,32H,5-14,17-18H2,(H-,27,28,33,34);1-4,6,10,15-17,20,24,32H,5,7-9,11-14,18H2,(H-,27,28,33,34)/p+2/t23?,24-;24-/m11/s1. The summed E-state index contributed by atoms with van der Waals surface area (Å²) in [6, 6.07) is 18.7. The number of nitrogens with one attached hydrogen (secondary N) is 4. The van der Waals surface area contributed by atoms with Gasteiger partial charge in [0, 0.05) is 90.6 Å². The maximum absolute atomic E-state index is 12.7. The molecule has 372 valence electrons. The van der Waals surface area contributed by atoms with Crippen LogP contribution in [-0.4, -0.2) is 137 Å². The van der Waals surface area contributed by atoms with Gasteiger partial charge in [-0.1, -0.05) is 53.0 Å². The summed E-state index contributed by atoms with van der Waals surface area (Å²) in [6.07, 6.45) is 15.2. The van der Waals surface area contributed by atoms with Gasteiger partial charge in [-0.05, 0) is 73.3 Å². The fraction of sp³-hybridized carbons (Fsp3) is 0.500. The van der Waals surface area contributed by atoms with Crippen molar-refractivity contribution in [3.63, 3.8) is 0 Å². The minimum Gasteiger partial charge on any atom is -0.390 e. The largest absolute Gasteiger partial charge is 0.390 e. The Bertz CT molecular complexity index is 2600. The Morgan fingerprint density at radius 2 is 1.19 bits per heavy atom. The lowest BCUT2D eigenvalue weighted by Crippen LogP contribution is -2.57. The highest BCUT2D eigenvalue weighted by molar-refractivity contribution is 5.94. The van der Waals surface area contributed by atoms with Crippen molar-refractivity contribution in [1.29, 1.82) is 0 Å². The van der Waals surface area contributed by atoms with E-state index < -0.39 is 12.2 Å². The Labute approximate surface area is 408 Å². The van der Waals surface area contributed by atoms with Crippen LogP contribution in [0.1, 0.15) is 75.1 Å². The van der Waals surface area contributed by atoms with Gasteiger partial charge in [0.1, 0.15) is 16.8 Å². The third-order valence-corrected chi connectivity index (χ3v) is 14.2. The lowest BCUT2D eigenvalue weighted by atomic mass is 9.98. The van der Waals surface area contributed by atoms with Crippen LogP contribution in [0.4, 0.5) is 5.69 Å². The maximum atomic E-state index is 12.7. The molecule has 70 heavy (non-hydrogen) atoms. The minimum atomic E-state index is -0.652. The van der Waals surface area contributed by atoms with E-state index >= 15 is 0 Å². The molecule has 18 heteroatoms. The van der Waals surface area contributed by atoms with Crippen molar-refractivity contribution in [3.8, 4) is 0 Å². The number of rotatable bonds is 14. The number of aromatic nitrogens is 4. The number of anilines is 1. The van der Waals surface area contributed by atoms with Crippen LogP contribution in [0.15, 0.2) is 91.8 Å². The second kappa shape index (κ2) is 23.3. The molecule has 0 aliphatic carbocycles. The number of carbonyl (C=O) groups is 4. The Balaban J connectivity index is 0.000000174. The number of ether oxygens (including phenoxy) is 2. The third-order valence-electron chi connectivity index (χ3n) is 14.2. The SMILES string of the molecule is O=C(NC[C@@H](O)CN1CCc2ccccc2C1)c1cn2[n+](c1)CC(NC(=O)C1CCOCC1)CC2.O=C(NC[C@@H](O)CN1CCc2ccccc2C1)c1cn2ccc(NC(=O)C3CCOCC3)c[n+]2c1. The number of fused-ring (bicyclic) bond motifs is 4. The van der Waals surface area contributed by atoms with Crippen LogP contribution in [-0.2, 0) is 58.1 Å². The van der Waals surface area contributed by atoms with E-state index in [4.69, 9.17) is 9.47 Å². The summed E-state index contributed by atoms with van der Waals surface area (Å²) < 4.78 is 18.2. The average Bonchev–Trinajstić information content (AvgIpc) is 4.02. The predicted octanol–water partition coefficient (Wildman–Crippen LogP) is 1.28. The molecule has 0 bridgehead atoms. The van der Waals surface area contributed by atoms with Crippen molar-refractivity contribution in [2.45, 2.75) is 89.4 Å². The summed E-state index contributed by atoms with van der Waals surface area (Å²) in [6.45, 7) is 8.81. The number of amides is 4. The quantitative estimate of drug-likeness (QED) is 0.0883. The first-order valence-corrected chi connectivity index (χ1v) is 25.0. The van der Waals surface area contributed by atoms with Crippen molar-refractivity contribution >= 4 is 29.3 Å². The molecule has 4 amide bonds. The highest BCUT2D eigenvalue weighted by Crippen LogP contribution is 2.21. The van der Waals surface area contributed by atoms with Crippen LogP contribution >= 0.6 is 0 Å². The molecule has 5 aliphatic rings. The van der Waals surface area contributed by atoms with E-state index in [9.17, 15) is 29.4 Å². The van der Waals surface area contributed by atoms with E-state index in [-0.39, 0.29) is 54.6 Å². The molecular formula is C52H68N10O8+2. The Morgan fingerprint density at radius 1 is 0.643 bits per heavy atom. The number of aliphatic hydroxyl groups is 2. The summed E-state index contributed by atoms with van der Waals surface area (Å²) in [5.74, 6) is -0.335. The summed E-state index contributed by atoms with van der Waals surface area (Å²) in [5, 5.41) is 32.9. The molecule has 18 nitrogen and oxygen atoms in total. The predicted molar refractivity (Wildman–Crippen MR) is 257 cm³/mol. The van der Waals surface area contributed by atoms with Gasteiger partial charge in [-0.3, -0.25) is 29.0 Å². The number of carbonyl (C=O) groups excluding carboxylic acids is 4. The van der Waals surface area contributed by atoms with Crippen LogP contribution in [0.2, 0.25) is 0 Å². The van der Waals surface area contributed by atoms with Gasteiger partial charge in [0.25, 0.3) is 11.8 Å². The van der Waals surface area contributed by atoms with Crippen molar-refractivity contribution in [3.05, 3.63) is 125 Å². The van der Waals surface area contributed by atoms with Crippen LogP contribution in [0.25, 0.3) is 0 Å². The summed E-state index contributed by atoms with van der Waals surface area (Å²) in [4.78, 5) is 55.0. The number of aliphatic hydroxyl groups excluding tert-OH is 2. The first kappa shape index (κ1) is 49.0. The molecule has 0 saturated carbocycles. The first-order chi connectivity index (χ1) is 34.1. The fourth-order valence-corrected chi connectivity index (χ4v) is 10.2. The zero-order valence-corrected chi connectivity index (χ0v) is 39.9. The number of hydrogen-bond acceptors (Lipinski definition) is 10. The van der Waals surface area contributed by atoms with Crippen LogP contribution < -0.4 is 30.5 Å².